The predicted octanol–water partition coefficient (Wildman–Crippen LogP) is 2.01. The van der Waals surface area contributed by atoms with E-state index in [4.69, 9.17) is 0 Å². The summed E-state index contributed by atoms with van der Waals surface area (Å²) in [5, 5.41) is 5.91. The summed E-state index contributed by atoms with van der Waals surface area (Å²) in [5.74, 6) is -3.73. The first kappa shape index (κ1) is 16.3. The van der Waals surface area contributed by atoms with Crippen molar-refractivity contribution in [1.29, 1.82) is 0 Å². The molecule has 8 heteroatoms. The number of carbonyl (C=O) groups is 1. The third-order valence-corrected chi connectivity index (χ3v) is 6.15. The van der Waals surface area contributed by atoms with E-state index in [2.05, 4.69) is 10.6 Å². The molecule has 1 unspecified atom stereocenters. The van der Waals surface area contributed by atoms with Crippen molar-refractivity contribution in [2.75, 3.05) is 18.4 Å². The fourth-order valence-corrected chi connectivity index (χ4v) is 4.04. The summed E-state index contributed by atoms with van der Waals surface area (Å²) in [5.41, 5.74) is 0.287. The number of piperidine rings is 1. The van der Waals surface area contributed by atoms with Gasteiger partial charge in [0.2, 0.25) is 15.7 Å². The van der Waals surface area contributed by atoms with Crippen molar-refractivity contribution in [2.24, 2.45) is 11.3 Å². The van der Waals surface area contributed by atoms with Crippen LogP contribution in [0.5, 0.6) is 0 Å². The molecule has 23 heavy (non-hydrogen) atoms. The standard InChI is InChI=1S/C15H18F2N2O3S/c16-14(17)23(21,22)11-3-1-2-10(8-11)19-13(20)12-9-15(12)4-6-18-7-5-15/h1-3,8,12,14,18H,4-7,9H2,(H,19,20). The van der Waals surface area contributed by atoms with Crippen LogP contribution in [0.4, 0.5) is 14.5 Å². The number of sulfone groups is 1. The van der Waals surface area contributed by atoms with Crippen LogP contribution < -0.4 is 10.6 Å². The van der Waals surface area contributed by atoms with E-state index in [-0.39, 0.29) is 22.9 Å². The van der Waals surface area contributed by atoms with Crippen molar-refractivity contribution in [2.45, 2.75) is 29.9 Å². The minimum Gasteiger partial charge on any atom is -0.326 e. The molecule has 1 heterocycles. The fraction of sp³-hybridized carbons (Fsp3) is 0.533. The quantitative estimate of drug-likeness (QED) is 0.876. The Kier molecular flexibility index (Phi) is 4.14. The molecule has 5 nitrogen and oxygen atoms in total. The van der Waals surface area contributed by atoms with E-state index in [1.54, 1.807) is 0 Å². The summed E-state index contributed by atoms with van der Waals surface area (Å²) in [6.07, 6.45) is 2.73. The molecular formula is C15H18F2N2O3S. The largest absolute Gasteiger partial charge is 0.341 e. The van der Waals surface area contributed by atoms with Crippen molar-refractivity contribution >= 4 is 21.4 Å². The van der Waals surface area contributed by atoms with Gasteiger partial charge in [0.15, 0.2) is 0 Å². The Morgan fingerprint density at radius 3 is 2.65 bits per heavy atom. The number of rotatable bonds is 4. The maximum absolute atomic E-state index is 12.6. The van der Waals surface area contributed by atoms with E-state index in [9.17, 15) is 22.0 Å². The van der Waals surface area contributed by atoms with Crippen molar-refractivity contribution in [3.63, 3.8) is 0 Å². The van der Waals surface area contributed by atoms with E-state index in [0.717, 1.165) is 44.5 Å². The van der Waals surface area contributed by atoms with Gasteiger partial charge in [-0.1, -0.05) is 6.07 Å². The molecule has 1 aromatic rings. The average molecular weight is 344 g/mol. The van der Waals surface area contributed by atoms with Crippen LogP contribution in [0.2, 0.25) is 0 Å². The van der Waals surface area contributed by atoms with Gasteiger partial charge in [-0.3, -0.25) is 4.79 Å². The second kappa shape index (κ2) is 5.83. The molecular weight excluding hydrogens is 326 g/mol. The number of benzene rings is 1. The van der Waals surface area contributed by atoms with E-state index in [1.807, 2.05) is 0 Å². The molecule has 1 saturated carbocycles. The lowest BCUT2D eigenvalue weighted by molar-refractivity contribution is -0.118. The number of alkyl halides is 2. The first-order valence-electron chi connectivity index (χ1n) is 7.49. The van der Waals surface area contributed by atoms with Gasteiger partial charge in [0.05, 0.1) is 4.90 Å². The Balaban J connectivity index is 1.71. The third kappa shape index (κ3) is 3.10. The van der Waals surface area contributed by atoms with Crippen molar-refractivity contribution in [3.8, 4) is 0 Å². The second-order valence-electron chi connectivity index (χ2n) is 6.19. The highest BCUT2D eigenvalue weighted by molar-refractivity contribution is 7.91. The number of anilines is 1. The zero-order chi connectivity index (χ0) is 16.7. The van der Waals surface area contributed by atoms with Crippen LogP contribution in [0.15, 0.2) is 29.2 Å². The predicted molar refractivity (Wildman–Crippen MR) is 80.9 cm³/mol. The topological polar surface area (TPSA) is 75.3 Å². The van der Waals surface area contributed by atoms with Crippen molar-refractivity contribution in [1.82, 2.24) is 5.32 Å². The van der Waals surface area contributed by atoms with Gasteiger partial charge < -0.3 is 10.6 Å². The van der Waals surface area contributed by atoms with Gasteiger partial charge in [0.1, 0.15) is 0 Å². The molecule has 1 atom stereocenters. The number of nitrogens with one attached hydrogen (secondary N) is 2. The first-order valence-corrected chi connectivity index (χ1v) is 9.03. The molecule has 1 saturated heterocycles. The van der Waals surface area contributed by atoms with E-state index in [1.165, 1.54) is 12.1 Å². The summed E-state index contributed by atoms with van der Waals surface area (Å²) >= 11 is 0. The van der Waals surface area contributed by atoms with Gasteiger partial charge in [0.25, 0.3) is 0 Å². The zero-order valence-electron chi connectivity index (χ0n) is 12.4. The minimum atomic E-state index is -4.66. The highest BCUT2D eigenvalue weighted by Gasteiger charge is 2.57. The molecule has 2 aliphatic rings. The molecule has 2 fully saturated rings. The molecule has 1 aliphatic carbocycles. The molecule has 3 rings (SSSR count). The maximum atomic E-state index is 12.6. The summed E-state index contributed by atoms with van der Waals surface area (Å²) in [4.78, 5) is 11.8. The monoisotopic (exact) mass is 344 g/mol. The number of amides is 1. The third-order valence-electron chi connectivity index (χ3n) is 4.77. The molecule has 1 amide bonds. The summed E-state index contributed by atoms with van der Waals surface area (Å²) < 4.78 is 48.2. The molecule has 0 aromatic heterocycles. The van der Waals surface area contributed by atoms with E-state index < -0.39 is 20.5 Å². The van der Waals surface area contributed by atoms with Gasteiger partial charge in [-0.2, -0.15) is 8.78 Å². The number of hydrogen-bond donors (Lipinski definition) is 2. The van der Waals surface area contributed by atoms with E-state index in [0.29, 0.717) is 0 Å². The highest BCUT2D eigenvalue weighted by Crippen LogP contribution is 2.58. The normalized spacial score (nSPS) is 23.0. The van der Waals surface area contributed by atoms with Crippen LogP contribution >= 0.6 is 0 Å². The maximum Gasteiger partial charge on any atom is 0.341 e. The lowest BCUT2D eigenvalue weighted by Gasteiger charge is -2.23. The molecule has 0 radical (unpaired) electrons. The highest BCUT2D eigenvalue weighted by atomic mass is 32.2. The number of halogens is 2. The van der Waals surface area contributed by atoms with Crippen LogP contribution in [0.3, 0.4) is 0 Å². The van der Waals surface area contributed by atoms with Crippen LogP contribution in [0.1, 0.15) is 19.3 Å². The first-order chi connectivity index (χ1) is 10.8. The summed E-state index contributed by atoms with van der Waals surface area (Å²) in [7, 11) is -4.66. The number of hydrogen-bond acceptors (Lipinski definition) is 4. The SMILES string of the molecule is O=C(Nc1cccc(S(=O)(=O)C(F)F)c1)C1CC12CCNCC2. The van der Waals surface area contributed by atoms with Gasteiger partial charge >= 0.3 is 5.76 Å². The smallest absolute Gasteiger partial charge is 0.326 e. The Morgan fingerprint density at radius 1 is 1.30 bits per heavy atom. The van der Waals surface area contributed by atoms with Gasteiger partial charge in [-0.15, -0.1) is 0 Å². The lowest BCUT2D eigenvalue weighted by Crippen LogP contribution is -2.31. The molecule has 0 bridgehead atoms. The van der Waals surface area contributed by atoms with Crippen molar-refractivity contribution in [3.05, 3.63) is 24.3 Å². The minimum absolute atomic E-state index is 0.0575. The van der Waals surface area contributed by atoms with Gasteiger partial charge in [0, 0.05) is 11.6 Å². The van der Waals surface area contributed by atoms with E-state index >= 15 is 0 Å². The molecule has 1 spiro atoms. The average Bonchev–Trinajstić information content (AvgIpc) is 3.21. The van der Waals surface area contributed by atoms with Crippen LogP contribution in [0.25, 0.3) is 0 Å². The molecule has 126 valence electrons. The summed E-state index contributed by atoms with van der Waals surface area (Å²) in [6.45, 7) is 1.79. The Morgan fingerprint density at radius 2 is 2.00 bits per heavy atom. The Hall–Kier alpha value is -1.54. The summed E-state index contributed by atoms with van der Waals surface area (Å²) in [6, 6.07) is 5.03. The zero-order valence-corrected chi connectivity index (χ0v) is 13.2. The van der Waals surface area contributed by atoms with Crippen molar-refractivity contribution < 1.29 is 22.0 Å². The van der Waals surface area contributed by atoms with Gasteiger partial charge in [-0.05, 0) is 56.0 Å². The molecule has 1 aliphatic heterocycles. The second-order valence-corrected chi connectivity index (χ2v) is 8.11. The molecule has 1 aromatic carbocycles. The van der Waals surface area contributed by atoms with Crippen LogP contribution in [-0.2, 0) is 14.6 Å². The van der Waals surface area contributed by atoms with Crippen LogP contribution in [0, 0.1) is 11.3 Å². The number of carbonyl (C=O) groups excluding carboxylic acids is 1. The Labute approximate surface area is 133 Å². The fourth-order valence-electron chi connectivity index (χ4n) is 3.28. The molecule has 2 N–H and O–H groups in total. The lowest BCUT2D eigenvalue weighted by atomic mass is 9.92. The Bertz CT molecular complexity index is 715. The van der Waals surface area contributed by atoms with Crippen LogP contribution in [-0.4, -0.2) is 33.2 Å². The van der Waals surface area contributed by atoms with Gasteiger partial charge in [-0.25, -0.2) is 8.42 Å².